The van der Waals surface area contributed by atoms with Crippen LogP contribution in [0.3, 0.4) is 0 Å². The van der Waals surface area contributed by atoms with E-state index in [1.54, 1.807) is 26.5 Å². The molecule has 2 aliphatic rings. The lowest BCUT2D eigenvalue weighted by atomic mass is 10.2. The average Bonchev–Trinajstić information content (AvgIpc) is 2.81. The molecule has 2 aromatic rings. The molecule has 1 aromatic carbocycles. The summed E-state index contributed by atoms with van der Waals surface area (Å²) in [6, 6.07) is 9.72. The van der Waals surface area contributed by atoms with E-state index < -0.39 is 0 Å². The number of aromatic nitrogens is 2. The number of halogens is 1. The molecule has 110 valence electrons. The summed E-state index contributed by atoms with van der Waals surface area (Å²) in [7, 11) is 0. The maximum Gasteiger partial charge on any atom is 0.385 e. The van der Waals surface area contributed by atoms with Gasteiger partial charge in [0.05, 0.1) is 10.9 Å². The molecule has 4 nitrogen and oxygen atoms in total. The smallest absolute Gasteiger partial charge is 0.385 e. The Balaban J connectivity index is 2.45. The first-order valence-corrected chi connectivity index (χ1v) is 8.11. The van der Waals surface area contributed by atoms with Crippen LogP contribution in [0.5, 0.6) is 0 Å². The number of para-hydroxylation sites is 1. The van der Waals surface area contributed by atoms with E-state index in [1.165, 1.54) is 0 Å². The van der Waals surface area contributed by atoms with Crippen LogP contribution in [0.15, 0.2) is 41.3 Å². The van der Waals surface area contributed by atoms with E-state index in [1.807, 2.05) is 37.3 Å². The van der Waals surface area contributed by atoms with Gasteiger partial charge in [-0.15, -0.1) is 22.9 Å². The lowest BCUT2D eigenvalue weighted by Crippen LogP contribution is -2.47. The third-order valence-corrected chi connectivity index (χ3v) is 5.15. The van der Waals surface area contributed by atoms with E-state index >= 15 is 0 Å². The molecule has 0 bridgehead atoms. The van der Waals surface area contributed by atoms with Gasteiger partial charge >= 0.3 is 11.4 Å². The Morgan fingerprint density at radius 1 is 1.32 bits per heavy atom. The van der Waals surface area contributed by atoms with Crippen molar-refractivity contribution in [3.8, 4) is 5.82 Å². The lowest BCUT2D eigenvalue weighted by molar-refractivity contribution is -0.545. The van der Waals surface area contributed by atoms with Gasteiger partial charge in [0.1, 0.15) is 4.70 Å². The third-order valence-electron chi connectivity index (χ3n) is 3.82. The molecule has 0 fully saturated rings. The van der Waals surface area contributed by atoms with Crippen LogP contribution in [0.2, 0.25) is 0 Å². The van der Waals surface area contributed by atoms with Crippen LogP contribution >= 0.6 is 22.9 Å². The number of alkyl halides is 1. The van der Waals surface area contributed by atoms with Crippen LogP contribution in [0.25, 0.3) is 26.5 Å². The summed E-state index contributed by atoms with van der Waals surface area (Å²) in [6.07, 6.45) is 1.74. The molecule has 3 heterocycles. The van der Waals surface area contributed by atoms with Crippen molar-refractivity contribution in [3.63, 3.8) is 0 Å². The van der Waals surface area contributed by atoms with E-state index in [0.29, 0.717) is 0 Å². The fourth-order valence-corrected chi connectivity index (χ4v) is 4.19. The number of benzene rings is 1. The maximum atomic E-state index is 12.9. The Labute approximate surface area is 134 Å². The molecule has 2 aliphatic heterocycles. The van der Waals surface area contributed by atoms with Gasteiger partial charge in [-0.3, -0.25) is 0 Å². The van der Waals surface area contributed by atoms with Crippen LogP contribution in [0.4, 0.5) is 0 Å². The first-order valence-electron chi connectivity index (χ1n) is 6.76. The molecular formula is C16H11ClN2O2S. The van der Waals surface area contributed by atoms with E-state index in [-0.39, 0.29) is 22.5 Å². The van der Waals surface area contributed by atoms with Crippen LogP contribution in [0, 0.1) is 6.92 Å². The maximum absolute atomic E-state index is 12.9. The predicted molar refractivity (Wildman–Crippen MR) is 85.9 cm³/mol. The standard InChI is InChI=1S/C16H11ClN2O2S/c1-9-4-2-5-11-13(9)19-15-12(22-11)6-3-7-18(15)14(16(19)21)10(20)8-17/h2-7H,8H2,1H3. The SMILES string of the molecule is Cc1cccc2sc3ccc[n+]4c3-n(c(=O)/c4=C(/[O-])CCl)c12. The second-order valence-corrected chi connectivity index (χ2v) is 6.49. The summed E-state index contributed by atoms with van der Waals surface area (Å²) < 4.78 is 5.26. The quantitative estimate of drug-likeness (QED) is 0.296. The summed E-state index contributed by atoms with van der Waals surface area (Å²) in [5, 5.41) is 12.2. The number of rotatable bonds is 1. The lowest BCUT2D eigenvalue weighted by Gasteiger charge is -2.05. The second-order valence-electron chi connectivity index (χ2n) is 5.14. The Kier molecular flexibility index (Phi) is 2.89. The van der Waals surface area contributed by atoms with Crippen molar-refractivity contribution in [1.29, 1.82) is 0 Å². The summed E-state index contributed by atoms with van der Waals surface area (Å²) in [5.41, 5.74) is 1.54. The highest BCUT2D eigenvalue weighted by Gasteiger charge is 2.29. The molecule has 4 rings (SSSR count). The second kappa shape index (κ2) is 4.69. The van der Waals surface area contributed by atoms with Gasteiger partial charge in [0.2, 0.25) is 5.35 Å². The highest BCUT2D eigenvalue weighted by molar-refractivity contribution is 7.24. The van der Waals surface area contributed by atoms with Crippen molar-refractivity contribution in [1.82, 2.24) is 4.57 Å². The Morgan fingerprint density at radius 3 is 2.86 bits per heavy atom. The molecule has 0 amide bonds. The van der Waals surface area contributed by atoms with Gasteiger partial charge in [0.15, 0.2) is 5.52 Å². The largest absolute Gasteiger partial charge is 0.872 e. The molecule has 1 aromatic heterocycles. The van der Waals surface area contributed by atoms with Gasteiger partial charge < -0.3 is 5.11 Å². The van der Waals surface area contributed by atoms with Crippen molar-refractivity contribution in [2.24, 2.45) is 0 Å². The summed E-state index contributed by atoms with van der Waals surface area (Å²) in [6.45, 7) is 1.96. The van der Waals surface area contributed by atoms with E-state index in [0.717, 1.165) is 26.3 Å². The summed E-state index contributed by atoms with van der Waals surface area (Å²) in [5.74, 6) is 0.159. The van der Waals surface area contributed by atoms with Crippen LogP contribution in [-0.2, 0) is 0 Å². The van der Waals surface area contributed by atoms with Gasteiger partial charge in [-0.1, -0.05) is 17.9 Å². The zero-order valence-corrected chi connectivity index (χ0v) is 13.2. The zero-order valence-electron chi connectivity index (χ0n) is 11.7. The van der Waals surface area contributed by atoms with Gasteiger partial charge in [-0.25, -0.2) is 4.79 Å². The number of imidazole rings is 1. The van der Waals surface area contributed by atoms with Crippen molar-refractivity contribution >= 4 is 43.6 Å². The van der Waals surface area contributed by atoms with Crippen molar-refractivity contribution in [2.45, 2.75) is 6.92 Å². The van der Waals surface area contributed by atoms with Crippen LogP contribution in [0.1, 0.15) is 5.56 Å². The normalized spacial score (nSPS) is 13.4. The fraction of sp³-hybridized carbons (Fsp3) is 0.125. The topological polar surface area (TPSA) is 49.2 Å². The molecule has 0 radical (unpaired) electrons. The molecule has 0 saturated heterocycles. The van der Waals surface area contributed by atoms with Crippen LogP contribution < -0.4 is 20.4 Å². The molecule has 0 spiro atoms. The molecule has 22 heavy (non-hydrogen) atoms. The number of hydrogen-bond donors (Lipinski definition) is 0. The third kappa shape index (κ3) is 1.63. The van der Waals surface area contributed by atoms with Gasteiger partial charge in [-0.05, 0) is 30.7 Å². The number of fused-ring (bicyclic) bond motifs is 2. The number of nitrogens with zero attached hydrogens (tertiary/aromatic N) is 2. The Hall–Kier alpha value is -2.11. The molecule has 6 heteroatoms. The monoisotopic (exact) mass is 330 g/mol. The van der Waals surface area contributed by atoms with E-state index in [9.17, 15) is 9.90 Å². The van der Waals surface area contributed by atoms with Gasteiger partial charge in [0, 0.05) is 5.88 Å². The Morgan fingerprint density at radius 2 is 2.09 bits per heavy atom. The highest BCUT2D eigenvalue weighted by Crippen LogP contribution is 2.29. The summed E-state index contributed by atoms with van der Waals surface area (Å²) in [4.78, 5) is 12.9. The predicted octanol–water partition coefficient (Wildman–Crippen LogP) is 0.963. The zero-order chi connectivity index (χ0) is 15.4. The molecule has 0 N–H and O–H groups in total. The van der Waals surface area contributed by atoms with E-state index in [2.05, 4.69) is 0 Å². The minimum Gasteiger partial charge on any atom is -0.872 e. The summed E-state index contributed by atoms with van der Waals surface area (Å²) >= 11 is 7.29. The van der Waals surface area contributed by atoms with Crippen molar-refractivity contribution < 1.29 is 9.51 Å². The fourth-order valence-electron chi connectivity index (χ4n) is 2.91. The van der Waals surface area contributed by atoms with Crippen molar-refractivity contribution in [2.75, 3.05) is 5.88 Å². The highest BCUT2D eigenvalue weighted by atomic mass is 35.5. The van der Waals surface area contributed by atoms with E-state index in [4.69, 9.17) is 11.6 Å². The van der Waals surface area contributed by atoms with Gasteiger partial charge in [-0.2, -0.15) is 8.97 Å². The molecule has 0 atom stereocenters. The number of pyridine rings is 1. The molecular weight excluding hydrogens is 320 g/mol. The Bertz CT molecular complexity index is 1110. The van der Waals surface area contributed by atoms with Crippen molar-refractivity contribution in [3.05, 3.63) is 57.8 Å². The van der Waals surface area contributed by atoms with Gasteiger partial charge in [0.25, 0.3) is 0 Å². The number of aryl methyl sites for hydroxylation is 1. The van der Waals surface area contributed by atoms with Crippen LogP contribution in [-0.4, -0.2) is 10.4 Å². The average molecular weight is 331 g/mol. The minimum absolute atomic E-state index is 0.114. The molecule has 0 aliphatic carbocycles. The molecule has 0 unspecified atom stereocenters. The first kappa shape index (κ1) is 13.5. The first-order chi connectivity index (χ1) is 10.6. The minimum atomic E-state index is -0.361. The number of hydrogen-bond acceptors (Lipinski definition) is 3. The molecule has 0 saturated carbocycles.